The van der Waals surface area contributed by atoms with Crippen LogP contribution in [0, 0.1) is 0 Å². The number of fused-ring (bicyclic) bond motifs is 1. The maximum atomic E-state index is 13.6. The van der Waals surface area contributed by atoms with Crippen LogP contribution in [-0.2, 0) is 12.4 Å². The molecule has 1 N–H and O–H groups in total. The normalized spacial score (nSPS) is 13.5. The van der Waals surface area contributed by atoms with Gasteiger partial charge in [0.1, 0.15) is 11.5 Å². The van der Waals surface area contributed by atoms with E-state index < -0.39 is 35.0 Å². The molecule has 0 aliphatic carbocycles. The molecular weight excluding hydrogens is 480 g/mol. The average Bonchev–Trinajstić information content (AvgIpc) is 2.77. The lowest BCUT2D eigenvalue weighted by Crippen LogP contribution is -2.18. The molecule has 1 atom stereocenters. The number of hydrogen-bond donors (Lipinski definition) is 1. The number of halogens is 6. The number of alkyl halides is 6. The standard InChI is InChI=1S/C22H23F6N5S/c1-5-12(10-29-19-31-18(11(2)3)32-20(33-19)34-4)14-9-16(22(26,27)28)30-17-13(14)7-6-8-15(17)21(23,24)25/h6-9,11-12H,5,10H2,1-4H3,(H,29,31,32,33). The van der Waals surface area contributed by atoms with Crippen molar-refractivity contribution in [3.8, 4) is 0 Å². The number of pyridine rings is 1. The summed E-state index contributed by atoms with van der Waals surface area (Å²) in [5.41, 5.74) is -3.16. The number of para-hydroxylation sites is 1. The second-order valence-electron chi connectivity index (χ2n) is 7.94. The van der Waals surface area contributed by atoms with Crippen molar-refractivity contribution in [2.75, 3.05) is 18.1 Å². The van der Waals surface area contributed by atoms with Gasteiger partial charge in [-0.15, -0.1) is 0 Å². The highest BCUT2D eigenvalue weighted by Gasteiger charge is 2.38. The van der Waals surface area contributed by atoms with E-state index in [1.807, 2.05) is 13.8 Å². The van der Waals surface area contributed by atoms with Crippen LogP contribution in [0.1, 0.15) is 61.7 Å². The van der Waals surface area contributed by atoms with Gasteiger partial charge in [-0.1, -0.05) is 44.7 Å². The summed E-state index contributed by atoms with van der Waals surface area (Å²) in [6.07, 6.45) is -7.59. The van der Waals surface area contributed by atoms with E-state index in [-0.39, 0.29) is 29.4 Å². The molecule has 0 aliphatic heterocycles. The van der Waals surface area contributed by atoms with E-state index in [0.717, 1.165) is 12.1 Å². The zero-order chi connectivity index (χ0) is 25.3. The van der Waals surface area contributed by atoms with Crippen molar-refractivity contribution in [2.24, 2.45) is 0 Å². The maximum Gasteiger partial charge on any atom is 0.433 e. The smallest absolute Gasteiger partial charge is 0.353 e. The Balaban J connectivity index is 2.08. The predicted octanol–water partition coefficient (Wildman–Crippen LogP) is 6.91. The molecule has 0 aliphatic rings. The highest BCUT2D eigenvalue weighted by atomic mass is 32.2. The van der Waals surface area contributed by atoms with E-state index in [4.69, 9.17) is 0 Å². The van der Waals surface area contributed by atoms with Gasteiger partial charge in [-0.05, 0) is 30.4 Å². The third kappa shape index (κ3) is 5.70. The fraction of sp³-hybridized carbons (Fsp3) is 0.455. The molecule has 0 saturated carbocycles. The highest BCUT2D eigenvalue weighted by molar-refractivity contribution is 7.98. The number of rotatable bonds is 7. The first-order valence-electron chi connectivity index (χ1n) is 10.5. The molecule has 5 nitrogen and oxygen atoms in total. The summed E-state index contributed by atoms with van der Waals surface area (Å²) in [5, 5.41) is 3.54. The van der Waals surface area contributed by atoms with Gasteiger partial charge in [-0.2, -0.15) is 36.3 Å². The average molecular weight is 504 g/mol. The van der Waals surface area contributed by atoms with Crippen LogP contribution in [0.2, 0.25) is 0 Å². The van der Waals surface area contributed by atoms with Crippen molar-refractivity contribution >= 4 is 28.6 Å². The van der Waals surface area contributed by atoms with E-state index >= 15 is 0 Å². The zero-order valence-electron chi connectivity index (χ0n) is 18.8. The third-order valence-electron chi connectivity index (χ3n) is 5.24. The Morgan fingerprint density at radius 1 is 0.971 bits per heavy atom. The molecule has 3 rings (SSSR count). The Labute approximate surface area is 196 Å². The van der Waals surface area contributed by atoms with Gasteiger partial charge in [0.15, 0.2) is 5.16 Å². The molecule has 1 aromatic carbocycles. The second kappa shape index (κ2) is 9.93. The molecule has 184 valence electrons. The Hall–Kier alpha value is -2.63. The number of thioether (sulfide) groups is 1. The Morgan fingerprint density at radius 2 is 1.68 bits per heavy atom. The van der Waals surface area contributed by atoms with E-state index in [1.165, 1.54) is 23.9 Å². The van der Waals surface area contributed by atoms with Crippen molar-refractivity contribution in [1.29, 1.82) is 0 Å². The molecule has 0 saturated heterocycles. The van der Waals surface area contributed by atoms with Crippen LogP contribution in [0.15, 0.2) is 29.4 Å². The summed E-state index contributed by atoms with van der Waals surface area (Å²) in [4.78, 5) is 16.3. The Bertz CT molecular complexity index is 1160. The van der Waals surface area contributed by atoms with Crippen molar-refractivity contribution in [1.82, 2.24) is 19.9 Å². The summed E-state index contributed by atoms with van der Waals surface area (Å²) in [6, 6.07) is 4.11. The van der Waals surface area contributed by atoms with Crippen LogP contribution in [0.4, 0.5) is 32.3 Å². The predicted molar refractivity (Wildman–Crippen MR) is 119 cm³/mol. The number of anilines is 1. The highest BCUT2D eigenvalue weighted by Crippen LogP contribution is 2.39. The minimum Gasteiger partial charge on any atom is -0.353 e. The van der Waals surface area contributed by atoms with Crippen molar-refractivity contribution in [3.05, 3.63) is 46.9 Å². The lowest BCUT2D eigenvalue weighted by Gasteiger charge is -2.21. The second-order valence-corrected chi connectivity index (χ2v) is 8.71. The molecule has 0 bridgehead atoms. The van der Waals surface area contributed by atoms with Gasteiger partial charge >= 0.3 is 12.4 Å². The molecular formula is C22H23F6N5S. The number of aromatic nitrogens is 4. The van der Waals surface area contributed by atoms with E-state index in [9.17, 15) is 26.3 Å². The lowest BCUT2D eigenvalue weighted by atomic mass is 9.91. The van der Waals surface area contributed by atoms with E-state index in [0.29, 0.717) is 17.4 Å². The van der Waals surface area contributed by atoms with Crippen LogP contribution in [0.25, 0.3) is 10.9 Å². The first kappa shape index (κ1) is 26.0. The maximum absolute atomic E-state index is 13.6. The number of benzene rings is 1. The minimum atomic E-state index is -4.90. The van der Waals surface area contributed by atoms with Gasteiger partial charge in [0.05, 0.1) is 11.1 Å². The number of nitrogens with one attached hydrogen (secondary N) is 1. The lowest BCUT2D eigenvalue weighted by molar-refractivity contribution is -0.142. The van der Waals surface area contributed by atoms with Gasteiger partial charge in [0, 0.05) is 23.8 Å². The summed E-state index contributed by atoms with van der Waals surface area (Å²) in [5.74, 6) is 0.271. The third-order valence-corrected chi connectivity index (χ3v) is 5.79. The fourth-order valence-corrected chi connectivity index (χ4v) is 3.84. The summed E-state index contributed by atoms with van der Waals surface area (Å²) < 4.78 is 81.3. The van der Waals surface area contributed by atoms with Crippen LogP contribution >= 0.6 is 11.8 Å². The fourth-order valence-electron chi connectivity index (χ4n) is 3.48. The van der Waals surface area contributed by atoms with Gasteiger partial charge in [-0.3, -0.25) is 0 Å². The van der Waals surface area contributed by atoms with Crippen LogP contribution < -0.4 is 5.32 Å². The molecule has 3 aromatic rings. The van der Waals surface area contributed by atoms with Crippen molar-refractivity contribution < 1.29 is 26.3 Å². The van der Waals surface area contributed by atoms with Crippen LogP contribution in [-0.4, -0.2) is 32.7 Å². The van der Waals surface area contributed by atoms with Crippen molar-refractivity contribution in [3.63, 3.8) is 0 Å². The monoisotopic (exact) mass is 503 g/mol. The SMILES string of the molecule is CCC(CNc1nc(SC)nc(C(C)C)n1)c1cc(C(F)(F)F)nc2c(C(F)(F)F)cccc12. The van der Waals surface area contributed by atoms with E-state index in [2.05, 4.69) is 25.3 Å². The van der Waals surface area contributed by atoms with Crippen LogP contribution in [0.3, 0.4) is 0 Å². The van der Waals surface area contributed by atoms with Gasteiger partial charge in [0.2, 0.25) is 5.95 Å². The largest absolute Gasteiger partial charge is 0.433 e. The van der Waals surface area contributed by atoms with Crippen molar-refractivity contribution in [2.45, 2.75) is 56.5 Å². The number of hydrogen-bond acceptors (Lipinski definition) is 6. The minimum absolute atomic E-state index is 0.0238. The summed E-state index contributed by atoms with van der Waals surface area (Å²) in [7, 11) is 0. The molecule has 2 aromatic heterocycles. The molecule has 0 amide bonds. The molecule has 0 radical (unpaired) electrons. The summed E-state index contributed by atoms with van der Waals surface area (Å²) in [6.45, 7) is 5.69. The molecule has 2 heterocycles. The topological polar surface area (TPSA) is 63.6 Å². The Kier molecular flexibility index (Phi) is 7.59. The van der Waals surface area contributed by atoms with E-state index in [1.54, 1.807) is 13.2 Å². The molecule has 34 heavy (non-hydrogen) atoms. The Morgan fingerprint density at radius 3 is 2.24 bits per heavy atom. The number of nitrogens with zero attached hydrogens (tertiary/aromatic N) is 4. The molecule has 1 unspecified atom stereocenters. The quantitative estimate of drug-likeness (QED) is 0.279. The molecule has 0 spiro atoms. The molecule has 0 fully saturated rings. The first-order chi connectivity index (χ1) is 15.8. The first-order valence-corrected chi connectivity index (χ1v) is 11.7. The summed E-state index contributed by atoms with van der Waals surface area (Å²) >= 11 is 1.32. The molecule has 12 heteroatoms. The zero-order valence-corrected chi connectivity index (χ0v) is 19.7. The van der Waals surface area contributed by atoms with Gasteiger partial charge < -0.3 is 5.32 Å². The van der Waals surface area contributed by atoms with Gasteiger partial charge in [0.25, 0.3) is 0 Å². The van der Waals surface area contributed by atoms with Gasteiger partial charge in [-0.25, -0.2) is 9.97 Å². The van der Waals surface area contributed by atoms with Crippen LogP contribution in [0.5, 0.6) is 0 Å².